The molecular formula is C35H48O6. The second-order valence-corrected chi connectivity index (χ2v) is 16.0. The third-order valence-electron chi connectivity index (χ3n) is 11.4. The number of ketones is 1. The predicted molar refractivity (Wildman–Crippen MR) is 155 cm³/mol. The Kier molecular flexibility index (Phi) is 6.51. The average molecular weight is 565 g/mol. The van der Waals surface area contributed by atoms with Crippen LogP contribution in [0, 0.1) is 28.1 Å². The lowest BCUT2D eigenvalue weighted by atomic mass is 9.51. The van der Waals surface area contributed by atoms with Crippen LogP contribution in [0.5, 0.6) is 0 Å². The number of hydrogen-bond acceptors (Lipinski definition) is 6. The molecule has 5 fully saturated rings. The van der Waals surface area contributed by atoms with E-state index in [0.29, 0.717) is 63.3 Å². The molecule has 6 heteroatoms. The first-order valence-corrected chi connectivity index (χ1v) is 15.9. The highest BCUT2D eigenvalue weighted by Gasteiger charge is 2.60. The largest absolute Gasteiger partial charge is 0.385 e. The Morgan fingerprint density at radius 2 is 1.44 bits per heavy atom. The number of benzene rings is 1. The summed E-state index contributed by atoms with van der Waals surface area (Å²) in [5, 5.41) is 12.3. The zero-order valence-corrected chi connectivity index (χ0v) is 25.6. The van der Waals surface area contributed by atoms with E-state index in [1.807, 2.05) is 0 Å². The number of aliphatic hydroxyl groups is 1. The van der Waals surface area contributed by atoms with Gasteiger partial charge in [0.15, 0.2) is 12.1 Å². The first-order chi connectivity index (χ1) is 19.3. The molecule has 1 aromatic rings. The molecule has 4 aliphatic carbocycles. The SMILES string of the molecule is CC1(C)COC(c2ccc([C@H]3C[C@@]4(C)C(=O)CC[C@H]4[C@@H]4CC[C@@]5(O)CC6(CCC5=C43)OCC(C)(C)CO6)cc2)OC1. The van der Waals surface area contributed by atoms with Crippen molar-refractivity contribution < 1.29 is 28.8 Å². The van der Waals surface area contributed by atoms with Crippen molar-refractivity contribution in [3.8, 4) is 0 Å². The minimum atomic E-state index is -0.920. The van der Waals surface area contributed by atoms with Gasteiger partial charge in [0.2, 0.25) is 0 Å². The number of ether oxygens (including phenoxy) is 4. The highest BCUT2D eigenvalue weighted by molar-refractivity contribution is 5.87. The summed E-state index contributed by atoms with van der Waals surface area (Å²) in [7, 11) is 0. The second kappa shape index (κ2) is 9.46. The molecule has 1 aromatic carbocycles. The molecule has 224 valence electrons. The van der Waals surface area contributed by atoms with E-state index in [9.17, 15) is 9.90 Å². The molecule has 3 saturated carbocycles. The molecule has 1 spiro atoms. The quantitative estimate of drug-likeness (QED) is 0.407. The van der Waals surface area contributed by atoms with Crippen LogP contribution in [0.4, 0.5) is 0 Å². The zero-order chi connectivity index (χ0) is 28.8. The van der Waals surface area contributed by atoms with E-state index in [4.69, 9.17) is 18.9 Å². The predicted octanol–water partition coefficient (Wildman–Crippen LogP) is 6.62. The number of fused-ring (bicyclic) bond motifs is 4. The van der Waals surface area contributed by atoms with Crippen molar-refractivity contribution in [3.05, 3.63) is 46.5 Å². The van der Waals surface area contributed by atoms with E-state index < -0.39 is 11.4 Å². The van der Waals surface area contributed by atoms with Gasteiger partial charge in [-0.05, 0) is 55.1 Å². The fourth-order valence-corrected chi connectivity index (χ4v) is 9.09. The van der Waals surface area contributed by atoms with Gasteiger partial charge in [0.25, 0.3) is 0 Å². The van der Waals surface area contributed by atoms with Crippen LogP contribution in [0.3, 0.4) is 0 Å². The van der Waals surface area contributed by atoms with Gasteiger partial charge in [-0.2, -0.15) is 0 Å². The summed E-state index contributed by atoms with van der Waals surface area (Å²) in [6, 6.07) is 8.71. The zero-order valence-electron chi connectivity index (χ0n) is 25.6. The van der Waals surface area contributed by atoms with E-state index in [2.05, 4.69) is 58.9 Å². The van der Waals surface area contributed by atoms with Crippen LogP contribution >= 0.6 is 0 Å². The maximum absolute atomic E-state index is 13.4. The molecule has 6 nitrogen and oxygen atoms in total. The third-order valence-corrected chi connectivity index (χ3v) is 11.4. The molecule has 0 bridgehead atoms. The summed E-state index contributed by atoms with van der Waals surface area (Å²) in [5.74, 6) is 0.555. The molecule has 7 rings (SSSR count). The molecule has 6 aliphatic rings. The fourth-order valence-electron chi connectivity index (χ4n) is 9.09. The van der Waals surface area contributed by atoms with Crippen molar-refractivity contribution in [2.24, 2.45) is 28.1 Å². The van der Waals surface area contributed by atoms with Crippen molar-refractivity contribution >= 4 is 5.78 Å². The normalized spacial score (nSPS) is 39.8. The minimum Gasteiger partial charge on any atom is -0.385 e. The number of rotatable bonds is 2. The van der Waals surface area contributed by atoms with Crippen molar-refractivity contribution in [2.75, 3.05) is 26.4 Å². The summed E-state index contributed by atoms with van der Waals surface area (Å²) in [4.78, 5) is 13.4. The number of allylic oxidation sites excluding steroid dienone is 1. The lowest BCUT2D eigenvalue weighted by Gasteiger charge is -2.56. The highest BCUT2D eigenvalue weighted by Crippen LogP contribution is 2.64. The van der Waals surface area contributed by atoms with Gasteiger partial charge < -0.3 is 24.1 Å². The van der Waals surface area contributed by atoms with E-state index >= 15 is 0 Å². The van der Waals surface area contributed by atoms with Gasteiger partial charge in [-0.3, -0.25) is 4.79 Å². The van der Waals surface area contributed by atoms with Crippen LogP contribution in [0.25, 0.3) is 0 Å². The lowest BCUT2D eigenvalue weighted by Crippen LogP contribution is -2.57. The molecule has 2 heterocycles. The molecule has 0 aromatic heterocycles. The van der Waals surface area contributed by atoms with Gasteiger partial charge in [-0.25, -0.2) is 0 Å². The smallest absolute Gasteiger partial charge is 0.183 e. The summed E-state index contributed by atoms with van der Waals surface area (Å²) < 4.78 is 24.9. The van der Waals surface area contributed by atoms with Crippen molar-refractivity contribution in [1.82, 2.24) is 0 Å². The number of carbonyl (C=O) groups is 1. The van der Waals surface area contributed by atoms with Gasteiger partial charge in [-0.1, -0.05) is 64.5 Å². The van der Waals surface area contributed by atoms with E-state index in [1.54, 1.807) is 0 Å². The van der Waals surface area contributed by atoms with Gasteiger partial charge in [0.05, 0.1) is 32.0 Å². The summed E-state index contributed by atoms with van der Waals surface area (Å²) in [6.07, 6.45) is 5.82. The fraction of sp³-hybridized carbons (Fsp3) is 0.743. The lowest BCUT2D eigenvalue weighted by molar-refractivity contribution is -0.322. The van der Waals surface area contributed by atoms with Crippen LogP contribution in [0.1, 0.15) is 109 Å². The van der Waals surface area contributed by atoms with Crippen LogP contribution in [0.2, 0.25) is 0 Å². The Balaban J connectivity index is 1.23. The Morgan fingerprint density at radius 3 is 2.12 bits per heavy atom. The van der Waals surface area contributed by atoms with Gasteiger partial charge in [0, 0.05) is 47.0 Å². The Labute approximate surface area is 245 Å². The first-order valence-electron chi connectivity index (χ1n) is 15.9. The first kappa shape index (κ1) is 28.2. The van der Waals surface area contributed by atoms with Gasteiger partial charge in [0.1, 0.15) is 5.78 Å². The summed E-state index contributed by atoms with van der Waals surface area (Å²) >= 11 is 0. The van der Waals surface area contributed by atoms with E-state index in [-0.39, 0.29) is 28.5 Å². The number of carbonyl (C=O) groups excluding carboxylic acids is 1. The van der Waals surface area contributed by atoms with Crippen LogP contribution < -0.4 is 0 Å². The van der Waals surface area contributed by atoms with Gasteiger partial charge in [-0.15, -0.1) is 0 Å². The topological polar surface area (TPSA) is 74.2 Å². The molecule has 0 radical (unpaired) electrons. The maximum Gasteiger partial charge on any atom is 0.183 e. The van der Waals surface area contributed by atoms with Crippen LogP contribution in [-0.2, 0) is 23.7 Å². The molecule has 0 unspecified atom stereocenters. The van der Waals surface area contributed by atoms with Gasteiger partial charge >= 0.3 is 0 Å². The molecule has 0 amide bonds. The Morgan fingerprint density at radius 1 is 0.805 bits per heavy atom. The standard InChI is InChI=1S/C35H48O6/c1-31(2)18-38-30(39-19-31)23-8-6-22(7-9-23)25-16-33(5)26(10-11-28(33)36)24-12-14-34(37)17-35(15-13-27(34)29(24)25)40-20-32(3,4)21-41-35/h6-9,24-26,30,37H,10-21H2,1-5H3/t24-,25+,26-,33+,34+/m0/s1. The Bertz CT molecular complexity index is 1230. The molecular weight excluding hydrogens is 516 g/mol. The van der Waals surface area contributed by atoms with Crippen molar-refractivity contribution in [3.63, 3.8) is 0 Å². The highest BCUT2D eigenvalue weighted by atomic mass is 16.7. The van der Waals surface area contributed by atoms with Crippen LogP contribution in [0.15, 0.2) is 35.4 Å². The summed E-state index contributed by atoms with van der Waals surface area (Å²) in [5.41, 5.74) is 3.70. The third kappa shape index (κ3) is 4.68. The monoisotopic (exact) mass is 564 g/mol. The van der Waals surface area contributed by atoms with Crippen LogP contribution in [-0.4, -0.2) is 48.7 Å². The van der Waals surface area contributed by atoms with Crippen molar-refractivity contribution in [2.45, 2.75) is 110 Å². The number of Topliss-reactive ketones (excluding diaryl/α,β-unsaturated/α-hetero) is 1. The van der Waals surface area contributed by atoms with E-state index in [0.717, 1.165) is 37.7 Å². The van der Waals surface area contributed by atoms with Crippen molar-refractivity contribution in [1.29, 1.82) is 0 Å². The Hall–Kier alpha value is -1.57. The van der Waals surface area contributed by atoms with E-state index in [1.165, 1.54) is 16.7 Å². The maximum atomic E-state index is 13.4. The number of hydrogen-bond donors (Lipinski definition) is 1. The molecule has 5 atom stereocenters. The minimum absolute atomic E-state index is 0.00568. The molecule has 1 N–H and O–H groups in total. The molecule has 2 aliphatic heterocycles. The summed E-state index contributed by atoms with van der Waals surface area (Å²) in [6.45, 7) is 13.5. The molecule has 2 saturated heterocycles. The molecule has 41 heavy (non-hydrogen) atoms. The second-order valence-electron chi connectivity index (χ2n) is 16.0. The average Bonchev–Trinajstić information content (AvgIpc) is 3.23.